The highest BCUT2D eigenvalue weighted by atomic mass is 35.5. The van der Waals surface area contributed by atoms with Gasteiger partial charge in [0, 0.05) is 7.05 Å². The van der Waals surface area contributed by atoms with E-state index < -0.39 is 0 Å². The van der Waals surface area contributed by atoms with Gasteiger partial charge in [-0.1, -0.05) is 17.2 Å². The Kier molecular flexibility index (Phi) is 6.45. The molecule has 0 bridgehead atoms. The highest BCUT2D eigenvalue weighted by molar-refractivity contribution is 5.85. The van der Waals surface area contributed by atoms with E-state index in [4.69, 9.17) is 14.9 Å². The lowest BCUT2D eigenvalue weighted by molar-refractivity contribution is 0.320. The summed E-state index contributed by atoms with van der Waals surface area (Å²) in [7, 11) is 1.88. The summed E-state index contributed by atoms with van der Waals surface area (Å²) in [5.74, 6) is 1.34. The summed E-state index contributed by atoms with van der Waals surface area (Å²) < 4.78 is 11.2. The van der Waals surface area contributed by atoms with E-state index in [1.165, 1.54) is 5.56 Å². The predicted molar refractivity (Wildman–Crippen MR) is 84.1 cm³/mol. The third kappa shape index (κ3) is 4.61. The van der Waals surface area contributed by atoms with Crippen molar-refractivity contribution in [1.82, 2.24) is 10.2 Å². The van der Waals surface area contributed by atoms with Crippen LogP contribution in [-0.4, -0.2) is 30.4 Å². The number of hydrogen-bond acceptors (Lipinski definition) is 6. The normalized spacial score (nSPS) is 10.1. The quantitative estimate of drug-likeness (QED) is 0.880. The number of nitrogens with two attached hydrogens (primary N) is 1. The number of ether oxygens (including phenoxy) is 1. The molecule has 0 fully saturated rings. The summed E-state index contributed by atoms with van der Waals surface area (Å²) in [5.41, 5.74) is 7.74. The Bertz CT molecular complexity index is 574. The van der Waals surface area contributed by atoms with Crippen LogP contribution in [0.4, 0.5) is 6.01 Å². The van der Waals surface area contributed by atoms with Gasteiger partial charge < -0.3 is 19.8 Å². The van der Waals surface area contributed by atoms with Crippen molar-refractivity contribution in [2.45, 2.75) is 20.4 Å². The van der Waals surface area contributed by atoms with Crippen molar-refractivity contribution >= 4 is 18.4 Å². The maximum atomic E-state index is 5.79. The van der Waals surface area contributed by atoms with Gasteiger partial charge in [0.2, 0.25) is 5.89 Å². The Morgan fingerprint density at radius 3 is 2.71 bits per heavy atom. The predicted octanol–water partition coefficient (Wildman–Crippen LogP) is 2.08. The molecule has 0 aliphatic rings. The number of rotatable bonds is 6. The molecule has 1 aromatic heterocycles. The van der Waals surface area contributed by atoms with Gasteiger partial charge in [0.25, 0.3) is 0 Å². The smallest absolute Gasteiger partial charge is 0.318 e. The van der Waals surface area contributed by atoms with Crippen molar-refractivity contribution in [3.8, 4) is 5.75 Å². The first kappa shape index (κ1) is 17.3. The zero-order valence-electron chi connectivity index (χ0n) is 12.5. The first-order chi connectivity index (χ1) is 9.60. The van der Waals surface area contributed by atoms with Gasteiger partial charge in [0.05, 0.1) is 13.1 Å². The molecule has 0 unspecified atom stereocenters. The molecular formula is C14H21ClN4O2. The number of hydrogen-bond donors (Lipinski definition) is 1. The van der Waals surface area contributed by atoms with E-state index in [-0.39, 0.29) is 19.0 Å². The van der Waals surface area contributed by atoms with Crippen LogP contribution in [0.25, 0.3) is 0 Å². The Morgan fingerprint density at radius 1 is 1.29 bits per heavy atom. The lowest BCUT2D eigenvalue weighted by Gasteiger charge is -2.15. The first-order valence-electron chi connectivity index (χ1n) is 6.54. The molecule has 0 radical (unpaired) electrons. The third-order valence-electron chi connectivity index (χ3n) is 2.99. The molecule has 1 heterocycles. The van der Waals surface area contributed by atoms with Gasteiger partial charge in [-0.15, -0.1) is 17.5 Å². The number of anilines is 1. The van der Waals surface area contributed by atoms with Gasteiger partial charge in [0.15, 0.2) is 0 Å². The minimum absolute atomic E-state index is 0. The SMILES string of the molecule is Cc1ccc(C)c(OCCN(C)c2nnc(CN)o2)c1.Cl. The van der Waals surface area contributed by atoms with Crippen molar-refractivity contribution in [2.24, 2.45) is 5.73 Å². The summed E-state index contributed by atoms with van der Waals surface area (Å²) in [4.78, 5) is 1.84. The lowest BCUT2D eigenvalue weighted by atomic mass is 10.1. The first-order valence-corrected chi connectivity index (χ1v) is 6.54. The van der Waals surface area contributed by atoms with E-state index in [9.17, 15) is 0 Å². The fourth-order valence-corrected chi connectivity index (χ4v) is 1.73. The Labute approximate surface area is 130 Å². The second-order valence-corrected chi connectivity index (χ2v) is 4.72. The lowest BCUT2D eigenvalue weighted by Crippen LogP contribution is -2.24. The summed E-state index contributed by atoms with van der Waals surface area (Å²) >= 11 is 0. The van der Waals surface area contributed by atoms with Crippen LogP contribution in [0.15, 0.2) is 22.6 Å². The third-order valence-corrected chi connectivity index (χ3v) is 2.99. The Balaban J connectivity index is 0.00000220. The van der Waals surface area contributed by atoms with Crippen LogP contribution >= 0.6 is 12.4 Å². The van der Waals surface area contributed by atoms with E-state index in [1.807, 2.05) is 31.9 Å². The molecule has 1 aromatic carbocycles. The molecule has 0 atom stereocenters. The van der Waals surface area contributed by atoms with Gasteiger partial charge in [-0.3, -0.25) is 0 Å². The highest BCUT2D eigenvalue weighted by Gasteiger charge is 2.10. The van der Waals surface area contributed by atoms with Crippen LogP contribution in [-0.2, 0) is 6.54 Å². The minimum atomic E-state index is 0. The molecule has 0 spiro atoms. The fourth-order valence-electron chi connectivity index (χ4n) is 1.73. The zero-order chi connectivity index (χ0) is 14.5. The van der Waals surface area contributed by atoms with Gasteiger partial charge in [-0.25, -0.2) is 0 Å². The second-order valence-electron chi connectivity index (χ2n) is 4.72. The average Bonchev–Trinajstić information content (AvgIpc) is 2.91. The number of nitrogens with zero attached hydrogens (tertiary/aromatic N) is 3. The van der Waals surface area contributed by atoms with Gasteiger partial charge in [0.1, 0.15) is 12.4 Å². The van der Waals surface area contributed by atoms with Crippen LogP contribution in [0.2, 0.25) is 0 Å². The van der Waals surface area contributed by atoms with E-state index in [2.05, 4.69) is 22.3 Å². The summed E-state index contributed by atoms with van der Waals surface area (Å²) in [6, 6.07) is 6.62. The number of benzene rings is 1. The fraction of sp³-hybridized carbons (Fsp3) is 0.429. The van der Waals surface area contributed by atoms with E-state index in [1.54, 1.807) is 0 Å². The number of halogens is 1. The average molecular weight is 313 g/mol. The molecule has 21 heavy (non-hydrogen) atoms. The van der Waals surface area contributed by atoms with Crippen LogP contribution in [0.3, 0.4) is 0 Å². The molecule has 6 nitrogen and oxygen atoms in total. The molecule has 0 saturated carbocycles. The van der Waals surface area contributed by atoms with Crippen molar-refractivity contribution in [3.05, 3.63) is 35.2 Å². The number of aromatic nitrogens is 2. The molecule has 2 aromatic rings. The topological polar surface area (TPSA) is 77.4 Å². The summed E-state index contributed by atoms with van der Waals surface area (Å²) in [6.07, 6.45) is 0. The van der Waals surface area contributed by atoms with Crippen LogP contribution in [0.5, 0.6) is 5.75 Å². The maximum absolute atomic E-state index is 5.79. The molecule has 0 saturated heterocycles. The summed E-state index contributed by atoms with van der Waals surface area (Å²) in [5, 5.41) is 7.74. The minimum Gasteiger partial charge on any atom is -0.491 e. The molecular weight excluding hydrogens is 292 g/mol. The van der Waals surface area contributed by atoms with E-state index >= 15 is 0 Å². The second kappa shape index (κ2) is 7.85. The Hall–Kier alpha value is -1.79. The highest BCUT2D eigenvalue weighted by Crippen LogP contribution is 2.19. The van der Waals surface area contributed by atoms with E-state index in [0.717, 1.165) is 11.3 Å². The molecule has 0 aliphatic carbocycles. The van der Waals surface area contributed by atoms with Crippen LogP contribution in [0, 0.1) is 13.8 Å². The van der Waals surface area contributed by atoms with Gasteiger partial charge >= 0.3 is 6.01 Å². The monoisotopic (exact) mass is 312 g/mol. The van der Waals surface area contributed by atoms with Gasteiger partial charge in [-0.2, -0.15) is 0 Å². The Morgan fingerprint density at radius 2 is 2.05 bits per heavy atom. The molecule has 7 heteroatoms. The zero-order valence-corrected chi connectivity index (χ0v) is 13.3. The molecule has 2 rings (SSSR count). The standard InChI is InChI=1S/C14H20N4O2.ClH/c1-10-4-5-11(2)12(8-10)19-7-6-18(3)14-17-16-13(9-15)20-14;/h4-5,8H,6-7,9,15H2,1-3H3;1H. The summed E-state index contributed by atoms with van der Waals surface area (Å²) in [6.45, 7) is 5.52. The molecule has 116 valence electrons. The van der Waals surface area contributed by atoms with Crippen molar-refractivity contribution < 1.29 is 9.15 Å². The molecule has 0 aliphatic heterocycles. The number of aryl methyl sites for hydroxylation is 2. The van der Waals surface area contributed by atoms with Gasteiger partial charge in [-0.05, 0) is 31.0 Å². The van der Waals surface area contributed by atoms with Crippen molar-refractivity contribution in [1.29, 1.82) is 0 Å². The molecule has 0 amide bonds. The molecule has 2 N–H and O–H groups in total. The largest absolute Gasteiger partial charge is 0.491 e. The van der Waals surface area contributed by atoms with Crippen molar-refractivity contribution in [2.75, 3.05) is 25.1 Å². The van der Waals surface area contributed by atoms with E-state index in [0.29, 0.717) is 25.1 Å². The number of likely N-dealkylation sites (N-methyl/N-ethyl adjacent to an activating group) is 1. The van der Waals surface area contributed by atoms with Crippen molar-refractivity contribution in [3.63, 3.8) is 0 Å². The maximum Gasteiger partial charge on any atom is 0.318 e. The van der Waals surface area contributed by atoms with Crippen LogP contribution in [0.1, 0.15) is 17.0 Å². The van der Waals surface area contributed by atoms with Crippen LogP contribution < -0.4 is 15.4 Å².